The number of rotatable bonds is 3. The first-order valence-electron chi connectivity index (χ1n) is 8.36. The molecule has 3 aromatic carbocycles. The number of fused-ring (bicyclic) bond motifs is 1. The normalized spacial score (nSPS) is 19.8. The predicted octanol–water partition coefficient (Wildman–Crippen LogP) is 4.46. The highest BCUT2D eigenvalue weighted by Gasteiger charge is 2.49. The Morgan fingerprint density at radius 3 is 2.42 bits per heavy atom. The third kappa shape index (κ3) is 2.63. The SMILES string of the molecule is C[C@@]1(c2cccc3ccccc23)NC(=O)N(Cc2ccc(Cl)cc2)C1=O. The van der Waals surface area contributed by atoms with Gasteiger partial charge in [-0.25, -0.2) is 4.79 Å². The number of carbonyl (C=O) groups is 2. The van der Waals surface area contributed by atoms with Gasteiger partial charge in [-0.05, 0) is 41.0 Å². The van der Waals surface area contributed by atoms with E-state index in [1.807, 2.05) is 54.6 Å². The number of imide groups is 1. The minimum absolute atomic E-state index is 0.211. The number of nitrogens with zero attached hydrogens (tertiary/aromatic N) is 1. The Kier molecular flexibility index (Phi) is 3.93. The standard InChI is InChI=1S/C21H17ClN2O2/c1-21(18-8-4-6-15-5-2-3-7-17(15)18)19(25)24(20(26)23-21)13-14-9-11-16(22)12-10-14/h2-12H,13H2,1H3,(H,23,26)/t21-/m0/s1. The van der Waals surface area contributed by atoms with Crippen LogP contribution in [-0.2, 0) is 16.9 Å². The molecule has 0 radical (unpaired) electrons. The maximum absolute atomic E-state index is 13.2. The van der Waals surface area contributed by atoms with Crippen LogP contribution in [0.5, 0.6) is 0 Å². The highest BCUT2D eigenvalue weighted by molar-refractivity contribution is 6.30. The average molecular weight is 365 g/mol. The molecule has 4 rings (SSSR count). The summed E-state index contributed by atoms with van der Waals surface area (Å²) in [6.45, 7) is 1.97. The lowest BCUT2D eigenvalue weighted by Gasteiger charge is -2.24. The molecule has 0 bridgehead atoms. The van der Waals surface area contributed by atoms with E-state index in [0.29, 0.717) is 5.02 Å². The summed E-state index contributed by atoms with van der Waals surface area (Å²) in [6.07, 6.45) is 0. The maximum atomic E-state index is 13.2. The second kappa shape index (κ2) is 6.15. The molecule has 1 heterocycles. The minimum Gasteiger partial charge on any atom is -0.319 e. The molecule has 3 aromatic rings. The van der Waals surface area contributed by atoms with E-state index in [1.54, 1.807) is 19.1 Å². The van der Waals surface area contributed by atoms with E-state index in [9.17, 15) is 9.59 Å². The molecule has 0 unspecified atom stereocenters. The first-order chi connectivity index (χ1) is 12.5. The molecule has 1 aliphatic heterocycles. The number of amides is 3. The van der Waals surface area contributed by atoms with Gasteiger partial charge in [0, 0.05) is 5.02 Å². The van der Waals surface area contributed by atoms with Gasteiger partial charge >= 0.3 is 6.03 Å². The summed E-state index contributed by atoms with van der Waals surface area (Å²) in [4.78, 5) is 27.0. The van der Waals surface area contributed by atoms with Crippen LogP contribution < -0.4 is 5.32 Å². The zero-order valence-electron chi connectivity index (χ0n) is 14.2. The van der Waals surface area contributed by atoms with Gasteiger partial charge in [-0.15, -0.1) is 0 Å². The van der Waals surface area contributed by atoms with Crippen LogP contribution in [0.25, 0.3) is 10.8 Å². The topological polar surface area (TPSA) is 49.4 Å². The fourth-order valence-corrected chi connectivity index (χ4v) is 3.58. The summed E-state index contributed by atoms with van der Waals surface area (Å²) in [6, 6.07) is 20.4. The van der Waals surface area contributed by atoms with Gasteiger partial charge in [0.25, 0.3) is 5.91 Å². The van der Waals surface area contributed by atoms with Crippen LogP contribution in [0.3, 0.4) is 0 Å². The van der Waals surface area contributed by atoms with Gasteiger partial charge < -0.3 is 5.32 Å². The molecule has 1 aliphatic rings. The maximum Gasteiger partial charge on any atom is 0.325 e. The van der Waals surface area contributed by atoms with E-state index in [-0.39, 0.29) is 18.5 Å². The molecular weight excluding hydrogens is 348 g/mol. The number of hydrogen-bond donors (Lipinski definition) is 1. The lowest BCUT2D eigenvalue weighted by Crippen LogP contribution is -2.41. The Hall–Kier alpha value is -2.85. The van der Waals surface area contributed by atoms with Crippen LogP contribution in [0.2, 0.25) is 5.02 Å². The van der Waals surface area contributed by atoms with E-state index in [4.69, 9.17) is 11.6 Å². The summed E-state index contributed by atoms with van der Waals surface area (Å²) in [5, 5.41) is 5.49. The highest BCUT2D eigenvalue weighted by Crippen LogP contribution is 2.34. The van der Waals surface area contributed by atoms with E-state index >= 15 is 0 Å². The fourth-order valence-electron chi connectivity index (χ4n) is 3.46. The summed E-state index contributed by atoms with van der Waals surface area (Å²) >= 11 is 5.91. The number of hydrogen-bond acceptors (Lipinski definition) is 2. The van der Waals surface area contributed by atoms with Crippen molar-refractivity contribution >= 4 is 34.3 Å². The van der Waals surface area contributed by atoms with Crippen LogP contribution >= 0.6 is 11.6 Å². The van der Waals surface area contributed by atoms with E-state index in [2.05, 4.69) is 5.32 Å². The van der Waals surface area contributed by atoms with Crippen molar-refractivity contribution in [1.82, 2.24) is 10.2 Å². The van der Waals surface area contributed by atoms with Gasteiger partial charge in [-0.2, -0.15) is 0 Å². The van der Waals surface area contributed by atoms with Crippen molar-refractivity contribution in [2.75, 3.05) is 0 Å². The molecule has 0 aliphatic carbocycles. The number of benzene rings is 3. The number of urea groups is 1. The zero-order valence-corrected chi connectivity index (χ0v) is 15.0. The Labute approximate surface area is 156 Å². The molecule has 1 fully saturated rings. The molecular formula is C21H17ClN2O2. The third-order valence-corrected chi connectivity index (χ3v) is 5.11. The molecule has 0 spiro atoms. The van der Waals surface area contributed by atoms with Gasteiger partial charge in [0.2, 0.25) is 0 Å². The zero-order chi connectivity index (χ0) is 18.3. The highest BCUT2D eigenvalue weighted by atomic mass is 35.5. The number of nitrogens with one attached hydrogen (secondary N) is 1. The molecule has 5 heteroatoms. The predicted molar refractivity (Wildman–Crippen MR) is 102 cm³/mol. The van der Waals surface area contributed by atoms with E-state index in [0.717, 1.165) is 21.9 Å². The van der Waals surface area contributed by atoms with Crippen LogP contribution in [0.1, 0.15) is 18.1 Å². The van der Waals surface area contributed by atoms with Crippen molar-refractivity contribution < 1.29 is 9.59 Å². The van der Waals surface area contributed by atoms with Gasteiger partial charge in [0.15, 0.2) is 0 Å². The van der Waals surface area contributed by atoms with Crippen molar-refractivity contribution in [3.63, 3.8) is 0 Å². The Morgan fingerprint density at radius 1 is 0.962 bits per heavy atom. The molecule has 130 valence electrons. The average Bonchev–Trinajstić information content (AvgIpc) is 2.87. The molecule has 3 amide bonds. The fraction of sp³-hybridized carbons (Fsp3) is 0.143. The lowest BCUT2D eigenvalue weighted by atomic mass is 9.88. The molecule has 4 nitrogen and oxygen atoms in total. The van der Waals surface area contributed by atoms with Crippen molar-refractivity contribution in [3.05, 3.63) is 82.9 Å². The molecule has 1 saturated heterocycles. The monoisotopic (exact) mass is 364 g/mol. The van der Waals surface area contributed by atoms with Crippen LogP contribution in [0, 0.1) is 0 Å². The molecule has 0 saturated carbocycles. The number of halogens is 1. The van der Waals surface area contributed by atoms with E-state index < -0.39 is 5.54 Å². The molecule has 0 aromatic heterocycles. The molecule has 26 heavy (non-hydrogen) atoms. The van der Waals surface area contributed by atoms with Gasteiger partial charge in [-0.1, -0.05) is 66.2 Å². The van der Waals surface area contributed by atoms with Crippen molar-refractivity contribution in [2.45, 2.75) is 19.0 Å². The smallest absolute Gasteiger partial charge is 0.319 e. The second-order valence-corrected chi connectivity index (χ2v) is 7.04. The lowest BCUT2D eigenvalue weighted by molar-refractivity contribution is -0.131. The molecule has 1 atom stereocenters. The first-order valence-corrected chi connectivity index (χ1v) is 8.73. The Bertz CT molecular complexity index is 1010. The second-order valence-electron chi connectivity index (χ2n) is 6.60. The Morgan fingerprint density at radius 2 is 1.65 bits per heavy atom. The van der Waals surface area contributed by atoms with E-state index in [1.165, 1.54) is 4.90 Å². The van der Waals surface area contributed by atoms with Crippen LogP contribution in [-0.4, -0.2) is 16.8 Å². The first kappa shape index (κ1) is 16.6. The van der Waals surface area contributed by atoms with Gasteiger partial charge in [0.05, 0.1) is 6.54 Å². The summed E-state index contributed by atoms with van der Waals surface area (Å²) in [7, 11) is 0. The minimum atomic E-state index is -1.09. The summed E-state index contributed by atoms with van der Waals surface area (Å²) < 4.78 is 0. The van der Waals surface area contributed by atoms with Crippen LogP contribution in [0.4, 0.5) is 4.79 Å². The van der Waals surface area contributed by atoms with Crippen LogP contribution in [0.15, 0.2) is 66.7 Å². The summed E-state index contributed by atoms with van der Waals surface area (Å²) in [5.41, 5.74) is 0.553. The van der Waals surface area contributed by atoms with Gasteiger partial charge in [-0.3, -0.25) is 9.69 Å². The third-order valence-electron chi connectivity index (χ3n) is 4.86. The number of carbonyl (C=O) groups excluding carboxylic acids is 2. The largest absolute Gasteiger partial charge is 0.325 e. The van der Waals surface area contributed by atoms with Crippen molar-refractivity contribution in [3.8, 4) is 0 Å². The van der Waals surface area contributed by atoms with Gasteiger partial charge in [0.1, 0.15) is 5.54 Å². The van der Waals surface area contributed by atoms with Crippen molar-refractivity contribution in [2.24, 2.45) is 0 Å². The quantitative estimate of drug-likeness (QED) is 0.697. The van der Waals surface area contributed by atoms with Crippen molar-refractivity contribution in [1.29, 1.82) is 0 Å². The molecule has 1 N–H and O–H groups in total. The Balaban J connectivity index is 1.72. The summed E-state index contributed by atoms with van der Waals surface area (Å²) in [5.74, 6) is -0.256.